The highest BCUT2D eigenvalue weighted by molar-refractivity contribution is 5.91. The number of carbonyl (C=O) groups is 1. The number of benzene rings is 1. The molecule has 0 aromatic heterocycles. The molecule has 1 aromatic carbocycles. The predicted octanol–water partition coefficient (Wildman–Crippen LogP) is 2.61. The zero-order valence-corrected chi connectivity index (χ0v) is 11.4. The summed E-state index contributed by atoms with van der Waals surface area (Å²) in [7, 11) is 0. The molecule has 1 aliphatic carbocycles. The standard InChI is InChI=1S/C15H22N2O2/c1-2-4-14(11-7-8-11)16-12-5-3-6-13(9-12)17-15(19)10-18/h3,5-6,9,11,14,16,18H,2,4,7-8,10H2,1H3,(H,17,19). The van der Waals surface area contributed by atoms with Gasteiger partial charge in [-0.25, -0.2) is 0 Å². The average molecular weight is 262 g/mol. The van der Waals surface area contributed by atoms with Crippen LogP contribution in [0.4, 0.5) is 11.4 Å². The van der Waals surface area contributed by atoms with Crippen LogP contribution in [0.1, 0.15) is 32.6 Å². The van der Waals surface area contributed by atoms with Crippen LogP contribution in [-0.4, -0.2) is 23.7 Å². The fourth-order valence-electron chi connectivity index (χ4n) is 2.34. The summed E-state index contributed by atoms with van der Waals surface area (Å²) in [5, 5.41) is 14.9. The third-order valence-electron chi connectivity index (χ3n) is 3.43. The monoisotopic (exact) mass is 262 g/mol. The molecule has 104 valence electrons. The molecule has 2 rings (SSSR count). The first-order valence-corrected chi connectivity index (χ1v) is 7.00. The summed E-state index contributed by atoms with van der Waals surface area (Å²) < 4.78 is 0. The van der Waals surface area contributed by atoms with Crippen LogP contribution < -0.4 is 10.6 Å². The van der Waals surface area contributed by atoms with Crippen LogP contribution in [0, 0.1) is 5.92 Å². The molecule has 1 amide bonds. The molecule has 1 aromatic rings. The van der Waals surface area contributed by atoms with Gasteiger partial charge in [-0.15, -0.1) is 0 Å². The molecule has 1 unspecified atom stereocenters. The van der Waals surface area contributed by atoms with E-state index in [-0.39, 0.29) is 5.91 Å². The van der Waals surface area contributed by atoms with Gasteiger partial charge in [0, 0.05) is 17.4 Å². The van der Waals surface area contributed by atoms with Crippen molar-refractivity contribution in [3.8, 4) is 0 Å². The lowest BCUT2D eigenvalue weighted by molar-refractivity contribution is -0.118. The first-order valence-electron chi connectivity index (χ1n) is 7.00. The number of aliphatic hydroxyl groups excluding tert-OH is 1. The lowest BCUT2D eigenvalue weighted by Gasteiger charge is -2.19. The zero-order valence-electron chi connectivity index (χ0n) is 11.4. The summed E-state index contributed by atoms with van der Waals surface area (Å²) in [6, 6.07) is 8.20. The predicted molar refractivity (Wildman–Crippen MR) is 77.2 cm³/mol. The van der Waals surface area contributed by atoms with E-state index >= 15 is 0 Å². The van der Waals surface area contributed by atoms with Crippen LogP contribution in [0.3, 0.4) is 0 Å². The molecule has 0 spiro atoms. The number of rotatable bonds is 7. The molecule has 4 heteroatoms. The fraction of sp³-hybridized carbons (Fsp3) is 0.533. The van der Waals surface area contributed by atoms with Crippen LogP contribution >= 0.6 is 0 Å². The van der Waals surface area contributed by atoms with Crippen molar-refractivity contribution in [1.82, 2.24) is 0 Å². The highest BCUT2D eigenvalue weighted by Gasteiger charge is 2.30. The Morgan fingerprint density at radius 2 is 2.16 bits per heavy atom. The lowest BCUT2D eigenvalue weighted by atomic mass is 10.1. The molecule has 0 heterocycles. The van der Waals surface area contributed by atoms with Gasteiger partial charge in [0.15, 0.2) is 0 Å². The minimum absolute atomic E-state index is 0.385. The Balaban J connectivity index is 1.99. The molecule has 4 nitrogen and oxygen atoms in total. The molecule has 1 atom stereocenters. The molecule has 19 heavy (non-hydrogen) atoms. The molecule has 1 aliphatic rings. The molecule has 3 N–H and O–H groups in total. The van der Waals surface area contributed by atoms with Crippen molar-refractivity contribution in [1.29, 1.82) is 0 Å². The first kappa shape index (κ1) is 13.9. The third-order valence-corrected chi connectivity index (χ3v) is 3.43. The highest BCUT2D eigenvalue weighted by atomic mass is 16.3. The summed E-state index contributed by atoms with van der Waals surface area (Å²) in [5.74, 6) is 0.417. The molecule has 1 saturated carbocycles. The van der Waals surface area contributed by atoms with E-state index in [9.17, 15) is 4.79 Å². The van der Waals surface area contributed by atoms with Crippen LogP contribution in [0.25, 0.3) is 0 Å². The van der Waals surface area contributed by atoms with Gasteiger partial charge in [-0.3, -0.25) is 4.79 Å². The van der Waals surface area contributed by atoms with Gasteiger partial charge in [0.25, 0.3) is 0 Å². The third kappa shape index (κ3) is 4.24. The lowest BCUT2D eigenvalue weighted by Crippen LogP contribution is -2.21. The van der Waals surface area contributed by atoms with E-state index < -0.39 is 6.61 Å². The van der Waals surface area contributed by atoms with E-state index in [4.69, 9.17) is 5.11 Å². The zero-order chi connectivity index (χ0) is 13.7. The molecular formula is C15H22N2O2. The summed E-state index contributed by atoms with van der Waals surface area (Å²) in [6.45, 7) is 1.72. The van der Waals surface area contributed by atoms with E-state index in [1.165, 1.54) is 25.7 Å². The Hall–Kier alpha value is -1.55. The van der Waals surface area contributed by atoms with E-state index in [0.29, 0.717) is 6.04 Å². The maximum atomic E-state index is 11.2. The van der Waals surface area contributed by atoms with Crippen molar-refractivity contribution in [3.05, 3.63) is 24.3 Å². The quantitative estimate of drug-likeness (QED) is 0.708. The van der Waals surface area contributed by atoms with Crippen molar-refractivity contribution in [3.63, 3.8) is 0 Å². The van der Waals surface area contributed by atoms with Crippen LogP contribution in [0.15, 0.2) is 24.3 Å². The summed E-state index contributed by atoms with van der Waals surface area (Å²) in [6.07, 6.45) is 4.99. The second-order valence-electron chi connectivity index (χ2n) is 5.16. The molecular weight excluding hydrogens is 240 g/mol. The minimum atomic E-state index is -0.488. The van der Waals surface area contributed by atoms with Crippen molar-refractivity contribution in [2.45, 2.75) is 38.6 Å². The van der Waals surface area contributed by atoms with E-state index in [1.54, 1.807) is 0 Å². The molecule has 0 aliphatic heterocycles. The number of hydrogen-bond donors (Lipinski definition) is 3. The van der Waals surface area contributed by atoms with Crippen molar-refractivity contribution in [2.24, 2.45) is 5.92 Å². The smallest absolute Gasteiger partial charge is 0.250 e. The van der Waals surface area contributed by atoms with Gasteiger partial charge in [0.1, 0.15) is 6.61 Å². The Morgan fingerprint density at radius 1 is 1.42 bits per heavy atom. The van der Waals surface area contributed by atoms with E-state index in [2.05, 4.69) is 17.6 Å². The highest BCUT2D eigenvalue weighted by Crippen LogP contribution is 2.36. The number of carbonyl (C=O) groups excluding carboxylic acids is 1. The second kappa shape index (κ2) is 6.57. The summed E-state index contributed by atoms with van der Waals surface area (Å²) >= 11 is 0. The Morgan fingerprint density at radius 3 is 2.79 bits per heavy atom. The molecule has 1 fully saturated rings. The van der Waals surface area contributed by atoms with Gasteiger partial charge in [-0.05, 0) is 43.4 Å². The number of hydrogen-bond acceptors (Lipinski definition) is 3. The Kier molecular flexibility index (Phi) is 4.80. The van der Waals surface area contributed by atoms with Gasteiger partial charge >= 0.3 is 0 Å². The normalized spacial score (nSPS) is 15.9. The van der Waals surface area contributed by atoms with Crippen LogP contribution in [-0.2, 0) is 4.79 Å². The van der Waals surface area contributed by atoms with Crippen LogP contribution in [0.5, 0.6) is 0 Å². The van der Waals surface area contributed by atoms with E-state index in [1.807, 2.05) is 24.3 Å². The van der Waals surface area contributed by atoms with Gasteiger partial charge in [0.2, 0.25) is 5.91 Å². The fourth-order valence-corrected chi connectivity index (χ4v) is 2.34. The van der Waals surface area contributed by atoms with Gasteiger partial charge in [-0.1, -0.05) is 19.4 Å². The molecule has 0 saturated heterocycles. The first-order chi connectivity index (χ1) is 9.22. The van der Waals surface area contributed by atoms with Gasteiger partial charge in [0.05, 0.1) is 0 Å². The molecule has 0 bridgehead atoms. The number of anilines is 2. The minimum Gasteiger partial charge on any atom is -0.387 e. The number of aliphatic hydroxyl groups is 1. The van der Waals surface area contributed by atoms with Crippen LogP contribution in [0.2, 0.25) is 0 Å². The SMILES string of the molecule is CCCC(Nc1cccc(NC(=O)CO)c1)C1CC1. The van der Waals surface area contributed by atoms with Crippen molar-refractivity contribution in [2.75, 3.05) is 17.2 Å². The van der Waals surface area contributed by atoms with Crippen molar-refractivity contribution >= 4 is 17.3 Å². The number of nitrogens with one attached hydrogen (secondary N) is 2. The largest absolute Gasteiger partial charge is 0.387 e. The van der Waals surface area contributed by atoms with E-state index in [0.717, 1.165) is 17.3 Å². The summed E-state index contributed by atoms with van der Waals surface area (Å²) in [5.41, 5.74) is 1.75. The van der Waals surface area contributed by atoms with Gasteiger partial charge in [-0.2, -0.15) is 0 Å². The second-order valence-corrected chi connectivity index (χ2v) is 5.16. The molecule has 0 radical (unpaired) electrons. The van der Waals surface area contributed by atoms with Crippen molar-refractivity contribution < 1.29 is 9.90 Å². The Labute approximate surface area is 114 Å². The topological polar surface area (TPSA) is 61.4 Å². The van der Waals surface area contributed by atoms with Gasteiger partial charge < -0.3 is 15.7 Å². The Bertz CT molecular complexity index is 430. The number of amides is 1. The average Bonchev–Trinajstić information content (AvgIpc) is 3.23. The summed E-state index contributed by atoms with van der Waals surface area (Å²) in [4.78, 5) is 11.2. The maximum Gasteiger partial charge on any atom is 0.250 e. The maximum absolute atomic E-state index is 11.2.